The molecule has 1 rings (SSSR count). The lowest BCUT2D eigenvalue weighted by atomic mass is 10.3. The Balaban J connectivity index is 2.70. The van der Waals surface area contributed by atoms with Crippen molar-refractivity contribution in [1.29, 1.82) is 0 Å². The summed E-state index contributed by atoms with van der Waals surface area (Å²) < 4.78 is 0. The Morgan fingerprint density at radius 2 is 2.39 bits per heavy atom. The molecule has 0 atom stereocenters. The molecular formula is C10H15N5O2S. The van der Waals surface area contributed by atoms with Crippen molar-refractivity contribution in [3.63, 3.8) is 0 Å². The fourth-order valence-corrected chi connectivity index (χ4v) is 1.96. The van der Waals surface area contributed by atoms with Crippen LogP contribution in [-0.2, 0) is 4.79 Å². The zero-order chi connectivity index (χ0) is 13.5. The molecule has 1 heterocycles. The quantitative estimate of drug-likeness (QED) is 0.231. The molecule has 0 spiro atoms. The van der Waals surface area contributed by atoms with Gasteiger partial charge in [-0.3, -0.25) is 4.79 Å². The van der Waals surface area contributed by atoms with Gasteiger partial charge in [0.2, 0.25) is 5.91 Å². The first-order valence-corrected chi connectivity index (χ1v) is 6.25. The molecule has 98 valence electrons. The van der Waals surface area contributed by atoms with Gasteiger partial charge < -0.3 is 16.3 Å². The highest BCUT2D eigenvalue weighted by atomic mass is 32.2. The lowest BCUT2D eigenvalue weighted by Gasteiger charge is -2.08. The average molecular weight is 269 g/mol. The maximum absolute atomic E-state index is 11.5. The third-order valence-electron chi connectivity index (χ3n) is 1.86. The third kappa shape index (κ3) is 4.21. The van der Waals surface area contributed by atoms with E-state index in [4.69, 9.17) is 10.9 Å². The fraction of sp³-hybridized carbons (Fsp3) is 0.400. The van der Waals surface area contributed by atoms with Gasteiger partial charge in [-0.05, 0) is 19.9 Å². The van der Waals surface area contributed by atoms with Crippen LogP contribution in [0.25, 0.3) is 0 Å². The van der Waals surface area contributed by atoms with E-state index in [1.807, 2.05) is 13.8 Å². The highest BCUT2D eigenvalue weighted by Gasteiger charge is 2.11. The number of nitrogens with two attached hydrogens (primary N) is 1. The molecule has 1 aromatic rings. The zero-order valence-corrected chi connectivity index (χ0v) is 10.9. The van der Waals surface area contributed by atoms with E-state index in [2.05, 4.69) is 20.7 Å². The standard InChI is InChI=1S/C10H15N5O2S/c1-6(2)13-8(16)5-18-10-7(9(11)15-17)3-4-12-14-10/h3-4,6,17H,5H2,1-2H3,(H2,11,15)(H,13,16). The molecule has 0 saturated heterocycles. The van der Waals surface area contributed by atoms with Crippen molar-refractivity contribution >= 4 is 23.5 Å². The van der Waals surface area contributed by atoms with Crippen LogP contribution in [0.4, 0.5) is 0 Å². The lowest BCUT2D eigenvalue weighted by Crippen LogP contribution is -2.31. The van der Waals surface area contributed by atoms with Gasteiger partial charge in [-0.1, -0.05) is 16.9 Å². The monoisotopic (exact) mass is 269 g/mol. The molecule has 1 amide bonds. The van der Waals surface area contributed by atoms with Crippen molar-refractivity contribution in [2.75, 3.05) is 5.75 Å². The Kier molecular flexibility index (Phi) is 5.37. The minimum absolute atomic E-state index is 0.0586. The number of aromatic nitrogens is 2. The molecule has 7 nitrogen and oxygen atoms in total. The van der Waals surface area contributed by atoms with Gasteiger partial charge >= 0.3 is 0 Å². The second-order valence-electron chi connectivity index (χ2n) is 3.75. The van der Waals surface area contributed by atoms with Crippen LogP contribution in [0.5, 0.6) is 0 Å². The summed E-state index contributed by atoms with van der Waals surface area (Å²) in [5.41, 5.74) is 5.95. The summed E-state index contributed by atoms with van der Waals surface area (Å²) in [6.45, 7) is 3.76. The first kappa shape index (κ1) is 14.2. The Morgan fingerprint density at radius 3 is 3.00 bits per heavy atom. The number of nitrogens with zero attached hydrogens (tertiary/aromatic N) is 3. The van der Waals surface area contributed by atoms with Crippen molar-refractivity contribution in [2.45, 2.75) is 24.9 Å². The normalized spacial score (nSPS) is 11.6. The summed E-state index contributed by atoms with van der Waals surface area (Å²) in [6, 6.07) is 1.66. The number of carbonyl (C=O) groups excluding carboxylic acids is 1. The van der Waals surface area contributed by atoms with Gasteiger partial charge in [0.1, 0.15) is 5.03 Å². The van der Waals surface area contributed by atoms with Gasteiger partial charge in [-0.25, -0.2) is 0 Å². The second kappa shape index (κ2) is 6.80. The summed E-state index contributed by atoms with van der Waals surface area (Å²) in [4.78, 5) is 11.5. The van der Waals surface area contributed by atoms with E-state index in [1.54, 1.807) is 6.07 Å². The molecule has 18 heavy (non-hydrogen) atoms. The fourth-order valence-electron chi connectivity index (χ4n) is 1.17. The summed E-state index contributed by atoms with van der Waals surface area (Å²) >= 11 is 1.18. The Morgan fingerprint density at radius 1 is 1.67 bits per heavy atom. The van der Waals surface area contributed by atoms with Crippen molar-refractivity contribution in [3.05, 3.63) is 17.8 Å². The SMILES string of the molecule is CC(C)NC(=O)CSc1nnccc1/C(N)=N/O. The highest BCUT2D eigenvalue weighted by Crippen LogP contribution is 2.18. The van der Waals surface area contributed by atoms with Crippen molar-refractivity contribution in [3.8, 4) is 0 Å². The van der Waals surface area contributed by atoms with Crippen molar-refractivity contribution in [2.24, 2.45) is 10.9 Å². The third-order valence-corrected chi connectivity index (χ3v) is 2.84. The first-order chi connectivity index (χ1) is 8.54. The topological polar surface area (TPSA) is 113 Å². The molecule has 0 unspecified atom stereocenters. The molecule has 0 aliphatic rings. The number of carbonyl (C=O) groups is 1. The van der Waals surface area contributed by atoms with Crippen LogP contribution in [0.2, 0.25) is 0 Å². The van der Waals surface area contributed by atoms with Gasteiger partial charge in [-0.2, -0.15) is 5.10 Å². The molecular weight excluding hydrogens is 254 g/mol. The zero-order valence-electron chi connectivity index (χ0n) is 10.1. The molecule has 0 radical (unpaired) electrons. The van der Waals surface area contributed by atoms with E-state index in [-0.39, 0.29) is 23.5 Å². The van der Waals surface area contributed by atoms with Gasteiger partial charge in [0.25, 0.3) is 0 Å². The number of hydrogen-bond donors (Lipinski definition) is 3. The molecule has 0 aromatic carbocycles. The number of nitrogens with one attached hydrogen (secondary N) is 1. The predicted molar refractivity (Wildman–Crippen MR) is 68.5 cm³/mol. The van der Waals surface area contributed by atoms with Gasteiger partial charge in [0, 0.05) is 6.04 Å². The molecule has 0 aliphatic carbocycles. The van der Waals surface area contributed by atoms with E-state index >= 15 is 0 Å². The average Bonchev–Trinajstić information content (AvgIpc) is 2.35. The van der Waals surface area contributed by atoms with E-state index in [9.17, 15) is 4.79 Å². The van der Waals surface area contributed by atoms with Crippen LogP contribution in [0, 0.1) is 0 Å². The van der Waals surface area contributed by atoms with E-state index in [0.717, 1.165) is 0 Å². The van der Waals surface area contributed by atoms with Crippen LogP contribution < -0.4 is 11.1 Å². The van der Waals surface area contributed by atoms with Crippen LogP contribution in [0.3, 0.4) is 0 Å². The molecule has 4 N–H and O–H groups in total. The highest BCUT2D eigenvalue weighted by molar-refractivity contribution is 8.00. The summed E-state index contributed by atoms with van der Waals surface area (Å²) in [7, 11) is 0. The number of oxime groups is 1. The van der Waals surface area contributed by atoms with Crippen molar-refractivity contribution in [1.82, 2.24) is 15.5 Å². The van der Waals surface area contributed by atoms with Gasteiger partial charge in [0.05, 0.1) is 17.5 Å². The minimum atomic E-state index is -0.105. The number of amidine groups is 1. The van der Waals surface area contributed by atoms with Crippen LogP contribution >= 0.6 is 11.8 Å². The summed E-state index contributed by atoms with van der Waals surface area (Å²) in [5, 5.41) is 22.3. The number of amides is 1. The summed E-state index contributed by atoms with van der Waals surface area (Å²) in [5.74, 6) is 0.0329. The molecule has 0 fully saturated rings. The van der Waals surface area contributed by atoms with E-state index in [0.29, 0.717) is 10.6 Å². The number of thioether (sulfide) groups is 1. The maximum Gasteiger partial charge on any atom is 0.230 e. The second-order valence-corrected chi connectivity index (χ2v) is 4.71. The van der Waals surface area contributed by atoms with Crippen LogP contribution in [-0.4, -0.2) is 38.9 Å². The van der Waals surface area contributed by atoms with Crippen molar-refractivity contribution < 1.29 is 10.0 Å². The summed E-state index contributed by atoms with van der Waals surface area (Å²) in [6.07, 6.45) is 1.44. The Bertz CT molecular complexity index is 450. The largest absolute Gasteiger partial charge is 0.409 e. The molecule has 1 aromatic heterocycles. The van der Waals surface area contributed by atoms with Gasteiger partial charge in [0.15, 0.2) is 5.84 Å². The van der Waals surface area contributed by atoms with E-state index in [1.165, 1.54) is 18.0 Å². The maximum atomic E-state index is 11.5. The number of rotatable bonds is 5. The van der Waals surface area contributed by atoms with Crippen LogP contribution in [0.15, 0.2) is 22.4 Å². The lowest BCUT2D eigenvalue weighted by molar-refractivity contribution is -0.119. The smallest absolute Gasteiger partial charge is 0.230 e. The molecule has 0 aliphatic heterocycles. The first-order valence-electron chi connectivity index (χ1n) is 5.26. The van der Waals surface area contributed by atoms with Crippen LogP contribution in [0.1, 0.15) is 19.4 Å². The molecule has 0 bridgehead atoms. The Labute approximate surface area is 109 Å². The Hall–Kier alpha value is -1.83. The van der Waals surface area contributed by atoms with E-state index < -0.39 is 0 Å². The minimum Gasteiger partial charge on any atom is -0.409 e. The number of hydrogen-bond acceptors (Lipinski definition) is 6. The molecule has 8 heteroatoms. The predicted octanol–water partition coefficient (Wildman–Crippen LogP) is 0.188. The van der Waals surface area contributed by atoms with Gasteiger partial charge in [-0.15, -0.1) is 5.10 Å². The molecule has 0 saturated carbocycles.